The first kappa shape index (κ1) is 117. The summed E-state index contributed by atoms with van der Waals surface area (Å²) in [6.07, 6.45) is 0.902. The summed E-state index contributed by atoms with van der Waals surface area (Å²) in [7, 11) is 13.5. The number of hydrogen-bond donors (Lipinski definition) is 6. The van der Waals surface area contributed by atoms with E-state index >= 15 is 0 Å². The van der Waals surface area contributed by atoms with Crippen molar-refractivity contribution < 1.29 is 91.7 Å². The Balaban J connectivity index is 0.000000469. The number of aliphatic carboxylic acids is 1. The number of ether oxygens (including phenoxy) is 6. The standard InChI is InChI=1S/C53H84N4O9.C33H56N4O6.C19H29NO4/c1-16-35(6)48(44(64-14)31-45(59)57-27-21-26-42(57)50(65-15)36(7)51(62)54-37(8)49(61)40-24-18-17-19-25-40)56(13)52(63)41(33(2)3)30-43(58)47(34(4)5)55(12)32-39-23-20-22-38(28-39)29-46(60)66-53(9,10)11;1-10-21(4)29(36(7)33(41)28(34)20(2)3)26(42-8)19-27(38)37-18-14-17-25(37)31(43-9)22(5)32(40)35-23(6)30(39)24-15-12-11-13-16-24;1-13(2)17(18(22)23)20(6)12-15-9-7-8-14(10-15)11-16(21)24-19(3,4)5/h17-20,22-25,28,33-37,41-42,44,47-50,61H,16,21,26-27,29-32H2,1-15H3,(H,54,62);11-13,15-16,20-23,25-26,28-31,39H,10,14,17-19,34H2,1-9H3,(H,35,40);7-10,13,17H,11-12H2,1-6H3,(H,22,23)/t35-,36+,37+,41-,42-,44+,47-,48-,49?,50+;21-,22+,23+,25-,26+,28-,29-,30+,31+;17-/m000/s1. The van der Waals surface area contributed by atoms with Gasteiger partial charge in [0.15, 0.2) is 5.78 Å². The molecule has 28 heteroatoms. The Hall–Kier alpha value is -8.58. The van der Waals surface area contributed by atoms with Gasteiger partial charge in [-0.25, -0.2) is 0 Å². The minimum atomic E-state index is -0.892. The van der Waals surface area contributed by atoms with E-state index in [9.17, 15) is 63.3 Å². The lowest BCUT2D eigenvalue weighted by Gasteiger charge is -2.41. The van der Waals surface area contributed by atoms with Gasteiger partial charge >= 0.3 is 17.9 Å². The molecule has 28 nitrogen and oxygen atoms in total. The number of rotatable bonds is 48. The zero-order valence-electron chi connectivity index (χ0n) is 86.0. The molecule has 20 atom stereocenters. The second kappa shape index (κ2) is 55.6. The van der Waals surface area contributed by atoms with Gasteiger partial charge < -0.3 is 79.7 Å². The van der Waals surface area contributed by atoms with Crippen LogP contribution >= 0.6 is 0 Å². The molecule has 133 heavy (non-hydrogen) atoms. The third kappa shape index (κ3) is 35.8. The first-order chi connectivity index (χ1) is 62.2. The lowest BCUT2D eigenvalue weighted by Crippen LogP contribution is -2.56. The van der Waals surface area contributed by atoms with E-state index in [0.717, 1.165) is 53.5 Å². The predicted molar refractivity (Wildman–Crippen MR) is 521 cm³/mol. The van der Waals surface area contributed by atoms with Crippen molar-refractivity contribution in [3.63, 3.8) is 0 Å². The topological polar surface area (TPSA) is 356 Å². The Morgan fingerprint density at radius 3 is 1.14 bits per heavy atom. The Morgan fingerprint density at radius 1 is 0.466 bits per heavy atom. The highest BCUT2D eigenvalue weighted by atomic mass is 16.6. The highest BCUT2D eigenvalue weighted by Gasteiger charge is 2.47. The maximum atomic E-state index is 14.7. The normalized spacial score (nSPS) is 18.3. The van der Waals surface area contributed by atoms with Crippen molar-refractivity contribution in [3.8, 4) is 0 Å². The van der Waals surface area contributed by atoms with Crippen molar-refractivity contribution in [3.05, 3.63) is 143 Å². The SMILES string of the molecule is CC(C)[C@@H](C(=O)O)N(C)Cc1cccc(CC(=O)OC(C)(C)C)c1.CC[C@H](C)[C@@H]([C@@H](CC(=O)N1CCC[C@H]1[C@H](OC)[C@@H](C)C(=O)N[C@H](C)C(O)c1ccccc1)OC)N(C)C(=O)[C@@H](CC(=O)[C@H](C(C)C)N(C)Cc1cccc(CC(=O)OC(C)(C)C)c1)C(C)C.CC[C@H](C)[C@@H]([C@@H](CC(=O)N1CCC[C@H]1[C@H](OC)[C@@H](C)C(=O)N[C@H](C)[C@@H](O)c1ccccc1)OC)N(C)C(=O)[C@@H](N)C(C)C. The number of carboxylic acids is 1. The maximum absolute atomic E-state index is 14.7. The second-order valence-electron chi connectivity index (χ2n) is 40.5. The molecule has 748 valence electrons. The van der Waals surface area contributed by atoms with Crippen molar-refractivity contribution >= 4 is 59.1 Å². The molecule has 0 radical (unpaired) electrons. The molecule has 6 rings (SSSR count). The molecule has 1 unspecified atom stereocenters. The van der Waals surface area contributed by atoms with Crippen LogP contribution in [0.3, 0.4) is 0 Å². The first-order valence-electron chi connectivity index (χ1n) is 48.1. The summed E-state index contributed by atoms with van der Waals surface area (Å²) >= 11 is 0. The summed E-state index contributed by atoms with van der Waals surface area (Å²) < 4.78 is 34.7. The van der Waals surface area contributed by atoms with Gasteiger partial charge in [0.2, 0.25) is 35.4 Å². The van der Waals surface area contributed by atoms with E-state index in [1.807, 2.05) is 228 Å². The number of amides is 6. The number of likely N-dealkylation sites (N-methyl/N-ethyl adjacent to an activating group) is 4. The van der Waals surface area contributed by atoms with Crippen molar-refractivity contribution in [1.82, 2.24) is 40.0 Å². The molecule has 2 fully saturated rings. The number of Topliss-reactive ketones (excluding diaryl/α,β-unsaturated/α-hetero) is 1. The van der Waals surface area contributed by atoms with Crippen LogP contribution in [0.2, 0.25) is 0 Å². The fourth-order valence-corrected chi connectivity index (χ4v) is 18.7. The number of nitrogens with two attached hydrogens (primary N) is 1. The summed E-state index contributed by atoms with van der Waals surface area (Å²) in [4.78, 5) is 144. The number of likely N-dealkylation sites (tertiary alicyclic amines) is 2. The van der Waals surface area contributed by atoms with Gasteiger partial charge in [0.1, 0.15) is 17.2 Å². The number of methoxy groups -OCH3 is 4. The lowest BCUT2D eigenvalue weighted by molar-refractivity contribution is -0.155. The number of aliphatic hydroxyl groups excluding tert-OH is 2. The first-order valence-corrected chi connectivity index (χ1v) is 48.1. The third-order valence-electron chi connectivity index (χ3n) is 26.2. The van der Waals surface area contributed by atoms with Crippen LogP contribution in [0, 0.1) is 53.3 Å². The molecule has 0 aliphatic carbocycles. The number of nitrogens with one attached hydrogen (secondary N) is 2. The molecule has 0 spiro atoms. The minimum absolute atomic E-state index is 0.0115. The van der Waals surface area contributed by atoms with Gasteiger partial charge in [-0.2, -0.15) is 0 Å². The van der Waals surface area contributed by atoms with Crippen LogP contribution in [0.4, 0.5) is 0 Å². The zero-order valence-corrected chi connectivity index (χ0v) is 86.0. The molecule has 4 aromatic carbocycles. The summed E-state index contributed by atoms with van der Waals surface area (Å²) in [6.45, 7) is 44.0. The number of carbonyl (C=O) groups excluding carboxylic acids is 9. The molecule has 0 bridgehead atoms. The lowest BCUT2D eigenvalue weighted by atomic mass is 9.83. The smallest absolute Gasteiger partial charge is 0.321 e. The van der Waals surface area contributed by atoms with Crippen molar-refractivity contribution in [2.45, 2.75) is 338 Å². The fraction of sp³-hybridized carbons (Fsp3) is 0.676. The monoisotopic (exact) mass is 1860 g/mol. The zero-order chi connectivity index (χ0) is 101. The molecule has 6 amide bonds. The number of ketones is 1. The quantitative estimate of drug-likeness (QED) is 0.0224. The molecular formula is C105H169N9O19. The van der Waals surface area contributed by atoms with Gasteiger partial charge in [0.05, 0.1) is 122 Å². The average Bonchev–Trinajstić information content (AvgIpc) is 1.48. The van der Waals surface area contributed by atoms with Gasteiger partial charge in [0.25, 0.3) is 0 Å². The molecule has 2 heterocycles. The molecule has 2 aliphatic heterocycles. The maximum Gasteiger partial charge on any atom is 0.321 e. The van der Waals surface area contributed by atoms with Crippen LogP contribution in [0.1, 0.15) is 256 Å². The number of hydrogen-bond acceptors (Lipinski definition) is 21. The molecular weight excluding hydrogens is 1690 g/mol. The van der Waals surface area contributed by atoms with E-state index in [1.54, 1.807) is 92.0 Å². The van der Waals surface area contributed by atoms with Gasteiger partial charge in [-0.1, -0.05) is 219 Å². The molecule has 4 aromatic rings. The van der Waals surface area contributed by atoms with Gasteiger partial charge in [-0.05, 0) is 164 Å². The number of benzene rings is 4. The van der Waals surface area contributed by atoms with Crippen molar-refractivity contribution in [1.29, 1.82) is 0 Å². The number of carbonyl (C=O) groups is 10. The van der Waals surface area contributed by atoms with Gasteiger partial charge in [-0.3, -0.25) is 57.7 Å². The second-order valence-corrected chi connectivity index (χ2v) is 40.5. The number of nitrogens with zero attached hydrogens (tertiary/aromatic N) is 6. The highest BCUT2D eigenvalue weighted by molar-refractivity contribution is 5.90. The van der Waals surface area contributed by atoms with Crippen molar-refractivity contribution in [2.75, 3.05) is 69.7 Å². The Labute approximate surface area is 796 Å². The molecule has 2 aliphatic rings. The van der Waals surface area contributed by atoms with Crippen LogP contribution in [-0.4, -0.2) is 264 Å². The fourth-order valence-electron chi connectivity index (χ4n) is 18.7. The van der Waals surface area contributed by atoms with Crippen molar-refractivity contribution in [2.24, 2.45) is 59.0 Å². The van der Waals surface area contributed by atoms with Crippen LogP contribution < -0.4 is 16.4 Å². The molecule has 7 N–H and O–H groups in total. The molecule has 0 saturated carbocycles. The van der Waals surface area contributed by atoms with E-state index in [1.165, 1.54) is 0 Å². The van der Waals surface area contributed by atoms with Crippen LogP contribution in [0.15, 0.2) is 109 Å². The predicted octanol–water partition coefficient (Wildman–Crippen LogP) is 13.7. The summed E-state index contributed by atoms with van der Waals surface area (Å²) in [5, 5.41) is 36.9. The average molecular weight is 1860 g/mol. The van der Waals surface area contributed by atoms with Gasteiger partial charge in [0, 0.05) is 81.1 Å². The van der Waals surface area contributed by atoms with E-state index in [2.05, 4.69) is 38.3 Å². The molecule has 0 aromatic heterocycles. The van der Waals surface area contributed by atoms with E-state index in [-0.39, 0.29) is 139 Å². The van der Waals surface area contributed by atoms with E-state index in [4.69, 9.17) is 34.2 Å². The van der Waals surface area contributed by atoms with Crippen LogP contribution in [0.5, 0.6) is 0 Å². The molecule has 2 saturated heterocycles. The summed E-state index contributed by atoms with van der Waals surface area (Å²) in [5.74, 6) is -4.46. The van der Waals surface area contributed by atoms with E-state index < -0.39 is 108 Å². The number of esters is 2. The Kier molecular flexibility index (Phi) is 48.8. The van der Waals surface area contributed by atoms with E-state index in [0.29, 0.717) is 44.6 Å². The number of carboxylic acid groups (broad SMARTS) is 1. The van der Waals surface area contributed by atoms with Crippen LogP contribution in [-0.2, 0) is 102 Å². The number of aliphatic hydroxyl groups is 2. The van der Waals surface area contributed by atoms with Gasteiger partial charge in [-0.15, -0.1) is 0 Å². The Bertz CT molecular complexity index is 4250. The summed E-state index contributed by atoms with van der Waals surface area (Å²) in [5.41, 5.74) is 10.2. The third-order valence-corrected chi connectivity index (χ3v) is 26.2. The summed E-state index contributed by atoms with van der Waals surface area (Å²) in [6, 6.07) is 29.6. The van der Waals surface area contributed by atoms with Crippen LogP contribution in [0.25, 0.3) is 0 Å². The minimum Gasteiger partial charge on any atom is -0.480 e. The Morgan fingerprint density at radius 2 is 0.820 bits per heavy atom. The largest absolute Gasteiger partial charge is 0.480 e. The highest BCUT2D eigenvalue weighted by Crippen LogP contribution is 2.35.